The van der Waals surface area contributed by atoms with E-state index >= 15 is 0 Å². The molecule has 0 bridgehead atoms. The second-order valence-corrected chi connectivity index (χ2v) is 4.00. The lowest BCUT2D eigenvalue weighted by molar-refractivity contribution is -0.145. The van der Waals surface area contributed by atoms with Gasteiger partial charge in [0.25, 0.3) is 0 Å². The van der Waals surface area contributed by atoms with Gasteiger partial charge in [-0.1, -0.05) is 13.3 Å². The number of aliphatic hydroxyl groups excluding tert-OH is 1. The lowest BCUT2D eigenvalue weighted by Gasteiger charge is -2.23. The van der Waals surface area contributed by atoms with Gasteiger partial charge in [-0.05, 0) is 6.42 Å². The van der Waals surface area contributed by atoms with E-state index in [1.165, 1.54) is 4.90 Å². The van der Waals surface area contributed by atoms with Gasteiger partial charge in [0.2, 0.25) is 0 Å². The monoisotopic (exact) mass is 276 g/mol. The first-order valence-electron chi connectivity index (χ1n) is 6.03. The van der Waals surface area contributed by atoms with E-state index in [2.05, 4.69) is 5.32 Å². The van der Waals surface area contributed by atoms with Gasteiger partial charge in [-0.15, -0.1) is 0 Å². The van der Waals surface area contributed by atoms with Crippen LogP contribution in [0, 0.1) is 0 Å². The molecule has 4 N–H and O–H groups in total. The number of carboxylic acids is 2. The van der Waals surface area contributed by atoms with Crippen LogP contribution >= 0.6 is 0 Å². The zero-order valence-electron chi connectivity index (χ0n) is 10.8. The first-order chi connectivity index (χ1) is 8.92. The first kappa shape index (κ1) is 17.2. The summed E-state index contributed by atoms with van der Waals surface area (Å²) in [6.07, 6.45) is 0.860. The smallest absolute Gasteiger partial charge is 0.326 e. The minimum atomic E-state index is -1.48. The number of carboxylic acid groups (broad SMARTS) is 2. The molecule has 8 heteroatoms. The lowest BCUT2D eigenvalue weighted by atomic mass is 10.2. The Kier molecular flexibility index (Phi) is 8.27. The third kappa shape index (κ3) is 7.24. The minimum Gasteiger partial charge on any atom is -0.481 e. The standard InChI is InChI=1S/C11H20N2O6/c1-2-3-4-13(5-6-14)11(19)12-8(10(17)18)7-9(15)16/h8,14H,2-7H2,1H3,(H,12,19)(H,15,16)(H,17,18). The Bertz CT molecular complexity index is 320. The number of nitrogens with zero attached hydrogens (tertiary/aromatic N) is 1. The number of carbonyl (C=O) groups is 3. The average Bonchev–Trinajstić information content (AvgIpc) is 2.32. The highest BCUT2D eigenvalue weighted by Gasteiger charge is 2.25. The van der Waals surface area contributed by atoms with Crippen molar-refractivity contribution in [2.75, 3.05) is 19.7 Å². The molecule has 8 nitrogen and oxygen atoms in total. The number of urea groups is 1. The predicted molar refractivity (Wildman–Crippen MR) is 65.8 cm³/mol. The van der Waals surface area contributed by atoms with Crippen LogP contribution in [0.5, 0.6) is 0 Å². The largest absolute Gasteiger partial charge is 0.481 e. The molecule has 2 amide bonds. The van der Waals surface area contributed by atoms with Crippen molar-refractivity contribution < 1.29 is 29.7 Å². The molecule has 0 aliphatic rings. The van der Waals surface area contributed by atoms with Crippen molar-refractivity contribution in [1.82, 2.24) is 10.2 Å². The maximum Gasteiger partial charge on any atom is 0.326 e. The molecule has 0 saturated carbocycles. The number of hydrogen-bond acceptors (Lipinski definition) is 4. The van der Waals surface area contributed by atoms with Crippen molar-refractivity contribution in [1.29, 1.82) is 0 Å². The quantitative estimate of drug-likeness (QED) is 0.458. The van der Waals surface area contributed by atoms with Crippen molar-refractivity contribution in [2.45, 2.75) is 32.2 Å². The summed E-state index contributed by atoms with van der Waals surface area (Å²) >= 11 is 0. The van der Waals surface area contributed by atoms with Gasteiger partial charge in [0.1, 0.15) is 6.04 Å². The van der Waals surface area contributed by atoms with Crippen LogP contribution < -0.4 is 5.32 Å². The Morgan fingerprint density at radius 2 is 1.84 bits per heavy atom. The average molecular weight is 276 g/mol. The molecule has 0 radical (unpaired) electrons. The van der Waals surface area contributed by atoms with E-state index < -0.39 is 30.4 Å². The highest BCUT2D eigenvalue weighted by atomic mass is 16.4. The van der Waals surface area contributed by atoms with E-state index in [1.807, 2.05) is 6.92 Å². The Morgan fingerprint density at radius 3 is 2.26 bits per heavy atom. The molecule has 0 heterocycles. The van der Waals surface area contributed by atoms with Crippen LogP contribution in [0.25, 0.3) is 0 Å². The van der Waals surface area contributed by atoms with E-state index in [1.54, 1.807) is 0 Å². The molecular weight excluding hydrogens is 256 g/mol. The van der Waals surface area contributed by atoms with Crippen molar-refractivity contribution >= 4 is 18.0 Å². The van der Waals surface area contributed by atoms with E-state index in [-0.39, 0.29) is 13.2 Å². The first-order valence-corrected chi connectivity index (χ1v) is 6.03. The number of amides is 2. The normalized spacial score (nSPS) is 11.7. The van der Waals surface area contributed by atoms with Gasteiger partial charge < -0.3 is 25.5 Å². The predicted octanol–water partition coefficient (Wildman–Crippen LogP) is -0.282. The van der Waals surface area contributed by atoms with E-state index in [9.17, 15) is 14.4 Å². The van der Waals surface area contributed by atoms with Crippen LogP contribution in [-0.4, -0.2) is 63.9 Å². The van der Waals surface area contributed by atoms with Crippen LogP contribution in [-0.2, 0) is 9.59 Å². The van der Waals surface area contributed by atoms with E-state index in [0.29, 0.717) is 13.0 Å². The number of nitrogens with one attached hydrogen (secondary N) is 1. The number of hydrogen-bond donors (Lipinski definition) is 4. The summed E-state index contributed by atoms with van der Waals surface area (Å²) in [5, 5.41) is 28.4. The third-order valence-electron chi connectivity index (χ3n) is 2.41. The molecule has 0 spiro atoms. The van der Waals surface area contributed by atoms with Crippen LogP contribution in [0.3, 0.4) is 0 Å². The van der Waals surface area contributed by atoms with Crippen molar-refractivity contribution in [3.63, 3.8) is 0 Å². The molecule has 0 aliphatic carbocycles. The summed E-state index contributed by atoms with van der Waals surface area (Å²) in [5.41, 5.74) is 0. The summed E-state index contributed by atoms with van der Waals surface area (Å²) in [5.74, 6) is -2.72. The fourth-order valence-corrected chi connectivity index (χ4v) is 1.40. The number of aliphatic hydroxyl groups is 1. The van der Waals surface area contributed by atoms with Gasteiger partial charge in [-0.25, -0.2) is 9.59 Å². The molecule has 110 valence electrons. The van der Waals surface area contributed by atoms with Crippen LogP contribution in [0.1, 0.15) is 26.2 Å². The molecule has 0 aromatic heterocycles. The molecule has 1 unspecified atom stereocenters. The molecule has 0 rings (SSSR count). The summed E-state index contributed by atoms with van der Waals surface area (Å²) in [6, 6.07) is -2.16. The highest BCUT2D eigenvalue weighted by Crippen LogP contribution is 1.99. The summed E-state index contributed by atoms with van der Waals surface area (Å²) < 4.78 is 0. The maximum absolute atomic E-state index is 11.8. The van der Waals surface area contributed by atoms with Crippen LogP contribution in [0.15, 0.2) is 0 Å². The van der Waals surface area contributed by atoms with Gasteiger partial charge in [-0.3, -0.25) is 4.79 Å². The second kappa shape index (κ2) is 9.15. The van der Waals surface area contributed by atoms with Crippen molar-refractivity contribution in [3.05, 3.63) is 0 Å². The lowest BCUT2D eigenvalue weighted by Crippen LogP contribution is -2.49. The third-order valence-corrected chi connectivity index (χ3v) is 2.41. The number of aliphatic carboxylic acids is 2. The summed E-state index contributed by atoms with van der Waals surface area (Å²) in [6.45, 7) is 2.14. The number of carbonyl (C=O) groups excluding carboxylic acids is 1. The molecular formula is C11H20N2O6. The highest BCUT2D eigenvalue weighted by molar-refractivity contribution is 5.86. The van der Waals surface area contributed by atoms with Gasteiger partial charge in [0.15, 0.2) is 0 Å². The summed E-state index contributed by atoms with van der Waals surface area (Å²) in [7, 11) is 0. The summed E-state index contributed by atoms with van der Waals surface area (Å²) in [4.78, 5) is 34.4. The molecule has 0 aromatic carbocycles. The molecule has 0 aromatic rings. The number of rotatable bonds is 9. The van der Waals surface area contributed by atoms with E-state index in [0.717, 1.165) is 6.42 Å². The Balaban J connectivity index is 4.55. The SMILES string of the molecule is CCCCN(CCO)C(=O)NC(CC(=O)O)C(=O)O. The van der Waals surface area contributed by atoms with Gasteiger partial charge in [-0.2, -0.15) is 0 Å². The zero-order chi connectivity index (χ0) is 14.8. The van der Waals surface area contributed by atoms with Crippen molar-refractivity contribution in [2.24, 2.45) is 0 Å². The van der Waals surface area contributed by atoms with Gasteiger partial charge >= 0.3 is 18.0 Å². The fraction of sp³-hybridized carbons (Fsp3) is 0.727. The Morgan fingerprint density at radius 1 is 1.21 bits per heavy atom. The molecule has 1 atom stereocenters. The molecule has 0 aliphatic heterocycles. The van der Waals surface area contributed by atoms with Crippen LogP contribution in [0.2, 0.25) is 0 Å². The molecule has 0 fully saturated rings. The van der Waals surface area contributed by atoms with Gasteiger partial charge in [0.05, 0.1) is 13.0 Å². The second-order valence-electron chi connectivity index (χ2n) is 4.00. The molecule has 19 heavy (non-hydrogen) atoms. The Labute approximate surface area is 111 Å². The number of unbranched alkanes of at least 4 members (excludes halogenated alkanes) is 1. The van der Waals surface area contributed by atoms with Crippen LogP contribution in [0.4, 0.5) is 4.79 Å². The van der Waals surface area contributed by atoms with Gasteiger partial charge in [0, 0.05) is 13.1 Å². The van der Waals surface area contributed by atoms with Crippen molar-refractivity contribution in [3.8, 4) is 0 Å². The minimum absolute atomic E-state index is 0.0746. The molecule has 0 saturated heterocycles. The topological polar surface area (TPSA) is 127 Å². The van der Waals surface area contributed by atoms with E-state index in [4.69, 9.17) is 15.3 Å². The Hall–Kier alpha value is -1.83. The fourth-order valence-electron chi connectivity index (χ4n) is 1.40. The maximum atomic E-state index is 11.8. The zero-order valence-corrected chi connectivity index (χ0v) is 10.8.